The van der Waals surface area contributed by atoms with Gasteiger partial charge in [0.25, 0.3) is 0 Å². The van der Waals surface area contributed by atoms with Crippen LogP contribution < -0.4 is 4.90 Å². The standard InChI is InChI=1S/C77H59N/c1-5-24-53(25-6-2)58-48-51-65-71(52-58)76(59(26-7-3)27-8-4,60-30-13-10-14-31-60)69-39-23-41-73(75(65)69)78(61-49-46-57(47-50-61)56-44-42-55(43-45-56)54-28-11-9-12-29-54)72-40-22-21-38-70-74(72)64-34-17-20-37-68(64)77(70)66-35-18-15-32-62(66)63-33-16-19-36-67(63)77/h5-21,23-52H,1,3,22H2,2,4H3/b25-6-,27-8-,53-24+,59-26+. The van der Waals surface area contributed by atoms with Crippen LogP contribution >= 0.6 is 0 Å². The largest absolute Gasteiger partial charge is 0.310 e. The number of benzene rings is 9. The van der Waals surface area contributed by atoms with E-state index in [1.54, 1.807) is 0 Å². The molecule has 0 bridgehead atoms. The van der Waals surface area contributed by atoms with E-state index in [4.69, 9.17) is 0 Å². The number of hydrogen-bond acceptors (Lipinski definition) is 1. The molecule has 1 heteroatoms. The summed E-state index contributed by atoms with van der Waals surface area (Å²) in [4.78, 5) is 2.60. The molecule has 0 heterocycles. The highest BCUT2D eigenvalue weighted by Gasteiger charge is 2.54. The van der Waals surface area contributed by atoms with Gasteiger partial charge >= 0.3 is 0 Å². The first-order valence-electron chi connectivity index (χ1n) is 27.3. The van der Waals surface area contributed by atoms with Crippen molar-refractivity contribution in [3.63, 3.8) is 0 Å². The summed E-state index contributed by atoms with van der Waals surface area (Å²) in [5.41, 5.74) is 26.6. The molecule has 78 heavy (non-hydrogen) atoms. The molecule has 0 saturated carbocycles. The van der Waals surface area contributed by atoms with Crippen LogP contribution in [0.25, 0.3) is 55.7 Å². The van der Waals surface area contributed by atoms with Gasteiger partial charge in [0.2, 0.25) is 0 Å². The summed E-state index contributed by atoms with van der Waals surface area (Å²) in [5, 5.41) is 0. The number of hydrogen-bond donors (Lipinski definition) is 0. The van der Waals surface area contributed by atoms with E-state index in [2.05, 4.69) is 305 Å². The van der Waals surface area contributed by atoms with Gasteiger partial charge in [-0.3, -0.25) is 0 Å². The highest BCUT2D eigenvalue weighted by Crippen LogP contribution is 2.65. The minimum atomic E-state index is -0.722. The highest BCUT2D eigenvalue weighted by molar-refractivity contribution is 6.05. The second-order valence-corrected chi connectivity index (χ2v) is 20.5. The molecule has 9 aromatic carbocycles. The first kappa shape index (κ1) is 48.1. The maximum atomic E-state index is 4.33. The number of rotatable bonds is 12. The minimum absolute atomic E-state index is 0.523. The Balaban J connectivity index is 1.10. The van der Waals surface area contributed by atoms with Crippen LogP contribution in [-0.4, -0.2) is 0 Å². The Labute approximate surface area is 460 Å². The lowest BCUT2D eigenvalue weighted by Crippen LogP contribution is -2.29. The van der Waals surface area contributed by atoms with Gasteiger partial charge in [0.05, 0.1) is 22.2 Å². The second-order valence-electron chi connectivity index (χ2n) is 20.5. The first-order chi connectivity index (χ1) is 38.6. The first-order valence-corrected chi connectivity index (χ1v) is 27.3. The van der Waals surface area contributed by atoms with Crippen LogP contribution in [0.5, 0.6) is 0 Å². The lowest BCUT2D eigenvalue weighted by Gasteiger charge is -2.36. The molecule has 0 fully saturated rings. The summed E-state index contributed by atoms with van der Waals surface area (Å²) in [7, 11) is 0. The van der Waals surface area contributed by atoms with Gasteiger partial charge in [-0.1, -0.05) is 274 Å². The van der Waals surface area contributed by atoms with Gasteiger partial charge in [-0.15, -0.1) is 0 Å². The van der Waals surface area contributed by atoms with Crippen molar-refractivity contribution in [3.8, 4) is 44.5 Å². The summed E-state index contributed by atoms with van der Waals surface area (Å²) >= 11 is 0. The van der Waals surface area contributed by atoms with Gasteiger partial charge in [-0.25, -0.2) is 0 Å². The second kappa shape index (κ2) is 19.9. The van der Waals surface area contributed by atoms with E-state index < -0.39 is 10.8 Å². The normalized spacial score (nSPS) is 16.6. The molecule has 372 valence electrons. The zero-order chi connectivity index (χ0) is 52.8. The summed E-state index contributed by atoms with van der Waals surface area (Å²) in [5.74, 6) is 0. The summed E-state index contributed by atoms with van der Waals surface area (Å²) in [6.07, 6.45) is 25.0. The van der Waals surface area contributed by atoms with E-state index in [1.165, 1.54) is 89.0 Å². The lowest BCUT2D eigenvalue weighted by molar-refractivity contribution is 0.766. The molecule has 0 amide bonds. The van der Waals surface area contributed by atoms with Gasteiger partial charge < -0.3 is 4.90 Å². The Morgan fingerprint density at radius 1 is 0.487 bits per heavy atom. The Morgan fingerprint density at radius 3 is 1.67 bits per heavy atom. The van der Waals surface area contributed by atoms with Crippen LogP contribution in [0.3, 0.4) is 0 Å². The number of fused-ring (bicyclic) bond motifs is 12. The van der Waals surface area contributed by atoms with E-state index in [0.717, 1.165) is 45.8 Å². The lowest BCUT2D eigenvalue weighted by atomic mass is 9.66. The quantitative estimate of drug-likeness (QED) is 0.110. The van der Waals surface area contributed by atoms with Crippen molar-refractivity contribution in [2.75, 3.05) is 4.90 Å². The van der Waals surface area contributed by atoms with Gasteiger partial charge in [-0.2, -0.15) is 0 Å². The van der Waals surface area contributed by atoms with Crippen molar-refractivity contribution in [3.05, 3.63) is 360 Å². The van der Waals surface area contributed by atoms with Crippen molar-refractivity contribution >= 4 is 22.5 Å². The monoisotopic (exact) mass is 997 g/mol. The maximum Gasteiger partial charge on any atom is 0.0726 e. The van der Waals surface area contributed by atoms with Crippen LogP contribution in [0.2, 0.25) is 0 Å². The summed E-state index contributed by atoms with van der Waals surface area (Å²) < 4.78 is 0. The molecule has 1 atom stereocenters. The SMILES string of the molecule is C=C/C=C(\C=C/C)c1ccc2c(c1)C(C(/C=C\C)=C/C=C)(c1ccccc1)c1cccc(N(C3=CCC=CC4=C3c3ccccc3C43c4ccccc4-c4ccccc43)c3ccc(-c4ccc(-c5ccccc5)cc4)cc3)c1-2. The third-order valence-electron chi connectivity index (χ3n) is 16.5. The van der Waals surface area contributed by atoms with E-state index in [9.17, 15) is 0 Å². The highest BCUT2D eigenvalue weighted by atomic mass is 15.2. The Morgan fingerprint density at radius 2 is 1.04 bits per heavy atom. The van der Waals surface area contributed by atoms with Gasteiger partial charge in [0, 0.05) is 16.8 Å². The van der Waals surface area contributed by atoms with E-state index in [0.29, 0.717) is 0 Å². The Bertz CT molecular complexity index is 4030. The molecule has 4 aliphatic rings. The van der Waals surface area contributed by atoms with Crippen LogP contribution in [0.15, 0.2) is 315 Å². The topological polar surface area (TPSA) is 3.24 Å². The molecular weight excluding hydrogens is 939 g/mol. The van der Waals surface area contributed by atoms with Gasteiger partial charge in [-0.05, 0) is 145 Å². The molecule has 13 rings (SSSR count). The average molecular weight is 998 g/mol. The Hall–Kier alpha value is -9.56. The Kier molecular flexibility index (Phi) is 12.2. The van der Waals surface area contributed by atoms with Crippen molar-refractivity contribution in [1.29, 1.82) is 0 Å². The van der Waals surface area contributed by atoms with E-state index in [-0.39, 0.29) is 0 Å². The summed E-state index contributed by atoms with van der Waals surface area (Å²) in [6, 6.07) is 81.5. The number of allylic oxidation sites excluding steroid dienone is 15. The fourth-order valence-electron chi connectivity index (χ4n) is 13.5. The molecule has 0 aliphatic heterocycles. The molecule has 0 saturated heterocycles. The van der Waals surface area contributed by atoms with Gasteiger partial charge in [0.1, 0.15) is 0 Å². The van der Waals surface area contributed by atoms with Crippen LogP contribution in [0.1, 0.15) is 64.8 Å². The van der Waals surface area contributed by atoms with E-state index >= 15 is 0 Å². The minimum Gasteiger partial charge on any atom is -0.310 e. The third kappa shape index (κ3) is 7.30. The number of anilines is 2. The zero-order valence-electron chi connectivity index (χ0n) is 44.2. The van der Waals surface area contributed by atoms with E-state index in [1.807, 2.05) is 12.2 Å². The molecule has 1 unspecified atom stereocenters. The van der Waals surface area contributed by atoms with Crippen molar-refractivity contribution < 1.29 is 0 Å². The average Bonchev–Trinajstić information content (AvgIpc) is 4.05. The fourth-order valence-corrected chi connectivity index (χ4v) is 13.5. The molecule has 4 aliphatic carbocycles. The van der Waals surface area contributed by atoms with Crippen LogP contribution in [0, 0.1) is 0 Å². The molecule has 9 aromatic rings. The van der Waals surface area contributed by atoms with Gasteiger partial charge in [0.15, 0.2) is 0 Å². The molecule has 0 N–H and O–H groups in total. The smallest absolute Gasteiger partial charge is 0.0726 e. The molecule has 0 aromatic heterocycles. The molecular formula is C77H59N. The molecule has 0 radical (unpaired) electrons. The fraction of sp³-hybridized carbons (Fsp3) is 0.0649. The van der Waals surface area contributed by atoms with Crippen LogP contribution in [0.4, 0.5) is 11.4 Å². The third-order valence-corrected chi connectivity index (χ3v) is 16.5. The predicted octanol–water partition coefficient (Wildman–Crippen LogP) is 19.9. The van der Waals surface area contributed by atoms with Crippen molar-refractivity contribution in [1.82, 2.24) is 0 Å². The molecule has 1 spiro atoms. The maximum absolute atomic E-state index is 4.33. The van der Waals surface area contributed by atoms with Crippen LogP contribution in [-0.2, 0) is 10.8 Å². The van der Waals surface area contributed by atoms with Crippen molar-refractivity contribution in [2.45, 2.75) is 31.1 Å². The zero-order valence-corrected chi connectivity index (χ0v) is 44.2. The molecule has 1 nitrogen and oxygen atoms in total. The number of nitrogens with zero attached hydrogens (tertiary/aromatic N) is 1. The summed E-state index contributed by atoms with van der Waals surface area (Å²) in [6.45, 7) is 12.7. The van der Waals surface area contributed by atoms with Crippen molar-refractivity contribution in [2.24, 2.45) is 0 Å². The predicted molar refractivity (Wildman–Crippen MR) is 331 cm³/mol.